The van der Waals surface area contributed by atoms with Crippen molar-refractivity contribution in [2.45, 2.75) is 13.8 Å². The van der Waals surface area contributed by atoms with Gasteiger partial charge in [-0.3, -0.25) is 4.79 Å². The van der Waals surface area contributed by atoms with Crippen LogP contribution in [-0.2, 0) is 0 Å². The maximum absolute atomic E-state index is 12.1. The first kappa shape index (κ1) is 18.0. The largest absolute Gasteiger partial charge is 0.507 e. The number of phenols is 1. The SMILES string of the molecule is CCN1CCN(C[C@@H](C)CNC(=O)c2ccc(Cl)cc2O)CC1. The van der Waals surface area contributed by atoms with E-state index in [1.54, 1.807) is 12.1 Å². The molecule has 0 unspecified atom stereocenters. The van der Waals surface area contributed by atoms with E-state index in [1.165, 1.54) is 6.07 Å². The molecule has 5 nitrogen and oxygen atoms in total. The van der Waals surface area contributed by atoms with Gasteiger partial charge in [0.25, 0.3) is 5.91 Å². The van der Waals surface area contributed by atoms with Gasteiger partial charge in [0.15, 0.2) is 0 Å². The van der Waals surface area contributed by atoms with E-state index in [1.807, 2.05) is 0 Å². The topological polar surface area (TPSA) is 55.8 Å². The molecular weight excluding hydrogens is 314 g/mol. The van der Waals surface area contributed by atoms with Gasteiger partial charge in [0.1, 0.15) is 5.75 Å². The van der Waals surface area contributed by atoms with Gasteiger partial charge in [-0.15, -0.1) is 0 Å². The molecule has 1 atom stereocenters. The Kier molecular flexibility index (Phi) is 6.69. The molecule has 1 saturated heterocycles. The van der Waals surface area contributed by atoms with Crippen molar-refractivity contribution in [3.63, 3.8) is 0 Å². The number of halogens is 1. The Hall–Kier alpha value is -1.30. The van der Waals surface area contributed by atoms with Gasteiger partial charge >= 0.3 is 0 Å². The van der Waals surface area contributed by atoms with Crippen molar-refractivity contribution in [1.29, 1.82) is 0 Å². The third kappa shape index (κ3) is 5.37. The Bertz CT molecular complexity index is 531. The smallest absolute Gasteiger partial charge is 0.255 e. The first-order chi connectivity index (χ1) is 11.0. The van der Waals surface area contributed by atoms with Crippen LogP contribution in [0.2, 0.25) is 5.02 Å². The normalized spacial score (nSPS) is 17.9. The van der Waals surface area contributed by atoms with Crippen LogP contribution in [0.1, 0.15) is 24.2 Å². The number of rotatable bonds is 6. The zero-order valence-corrected chi connectivity index (χ0v) is 14.6. The summed E-state index contributed by atoms with van der Waals surface area (Å²) in [4.78, 5) is 17.0. The van der Waals surface area contributed by atoms with E-state index in [0.717, 1.165) is 39.3 Å². The number of amides is 1. The van der Waals surface area contributed by atoms with Crippen LogP contribution in [0, 0.1) is 5.92 Å². The van der Waals surface area contributed by atoms with Crippen molar-refractivity contribution >= 4 is 17.5 Å². The predicted molar refractivity (Wildman–Crippen MR) is 93.2 cm³/mol. The molecule has 2 rings (SSSR count). The van der Waals surface area contributed by atoms with Crippen LogP contribution in [0.25, 0.3) is 0 Å². The van der Waals surface area contributed by atoms with E-state index >= 15 is 0 Å². The Morgan fingerprint density at radius 3 is 2.57 bits per heavy atom. The molecule has 1 amide bonds. The van der Waals surface area contributed by atoms with Crippen molar-refractivity contribution in [3.8, 4) is 5.75 Å². The van der Waals surface area contributed by atoms with Crippen molar-refractivity contribution in [2.75, 3.05) is 45.8 Å². The number of carbonyl (C=O) groups excluding carboxylic acids is 1. The molecule has 1 heterocycles. The van der Waals surface area contributed by atoms with Gasteiger partial charge in [-0.2, -0.15) is 0 Å². The molecule has 0 aromatic heterocycles. The summed E-state index contributed by atoms with van der Waals surface area (Å²) in [7, 11) is 0. The van der Waals surface area contributed by atoms with Crippen LogP contribution in [0.3, 0.4) is 0 Å². The molecule has 0 spiro atoms. The summed E-state index contributed by atoms with van der Waals surface area (Å²) >= 11 is 5.78. The summed E-state index contributed by atoms with van der Waals surface area (Å²) in [5.74, 6) is 0.0155. The fourth-order valence-corrected chi connectivity index (χ4v) is 3.02. The number of aromatic hydroxyl groups is 1. The van der Waals surface area contributed by atoms with Gasteiger partial charge in [0.2, 0.25) is 0 Å². The van der Waals surface area contributed by atoms with Crippen LogP contribution in [-0.4, -0.2) is 66.6 Å². The summed E-state index contributed by atoms with van der Waals surface area (Å²) in [5, 5.41) is 13.1. The van der Waals surface area contributed by atoms with Gasteiger partial charge in [-0.25, -0.2) is 0 Å². The lowest BCUT2D eigenvalue weighted by Crippen LogP contribution is -2.48. The number of carbonyl (C=O) groups is 1. The zero-order chi connectivity index (χ0) is 16.8. The monoisotopic (exact) mass is 339 g/mol. The predicted octanol–water partition coefficient (Wildman–Crippen LogP) is 2.05. The lowest BCUT2D eigenvalue weighted by molar-refractivity contribution is 0.0931. The number of piperazine rings is 1. The van der Waals surface area contributed by atoms with Gasteiger partial charge in [0.05, 0.1) is 5.56 Å². The quantitative estimate of drug-likeness (QED) is 0.833. The van der Waals surface area contributed by atoms with E-state index in [9.17, 15) is 9.90 Å². The summed E-state index contributed by atoms with van der Waals surface area (Å²) in [6.45, 7) is 11.4. The summed E-state index contributed by atoms with van der Waals surface area (Å²) < 4.78 is 0. The molecule has 23 heavy (non-hydrogen) atoms. The number of hydrogen-bond donors (Lipinski definition) is 2. The lowest BCUT2D eigenvalue weighted by atomic mass is 10.1. The lowest BCUT2D eigenvalue weighted by Gasteiger charge is -2.35. The Morgan fingerprint density at radius 1 is 1.30 bits per heavy atom. The number of hydrogen-bond acceptors (Lipinski definition) is 4. The Morgan fingerprint density at radius 2 is 1.96 bits per heavy atom. The minimum Gasteiger partial charge on any atom is -0.507 e. The van der Waals surface area contributed by atoms with Crippen LogP contribution in [0.4, 0.5) is 0 Å². The van der Waals surface area contributed by atoms with Gasteiger partial charge < -0.3 is 20.2 Å². The highest BCUT2D eigenvalue weighted by atomic mass is 35.5. The first-order valence-electron chi connectivity index (χ1n) is 8.21. The Labute approximate surface area is 143 Å². The van der Waals surface area contributed by atoms with Crippen LogP contribution >= 0.6 is 11.6 Å². The summed E-state index contributed by atoms with van der Waals surface area (Å²) in [6, 6.07) is 4.53. The molecule has 1 fully saturated rings. The molecule has 128 valence electrons. The third-order valence-corrected chi connectivity index (χ3v) is 4.53. The molecule has 0 bridgehead atoms. The number of nitrogens with zero attached hydrogens (tertiary/aromatic N) is 2. The van der Waals surface area contributed by atoms with Crippen molar-refractivity contribution in [2.24, 2.45) is 5.92 Å². The summed E-state index contributed by atoms with van der Waals surface area (Å²) in [6.07, 6.45) is 0. The molecule has 1 aromatic rings. The van der Waals surface area contributed by atoms with Gasteiger partial charge in [-0.05, 0) is 30.7 Å². The minimum absolute atomic E-state index is 0.0849. The second-order valence-corrected chi connectivity index (χ2v) is 6.65. The molecule has 2 N–H and O–H groups in total. The summed E-state index contributed by atoms with van der Waals surface area (Å²) in [5.41, 5.74) is 0.262. The standard InChI is InChI=1S/C17H26ClN3O2/c1-3-20-6-8-21(9-7-20)12-13(2)11-19-17(23)15-5-4-14(18)10-16(15)22/h4-5,10,13,22H,3,6-9,11-12H2,1-2H3,(H,19,23)/t13-/m0/s1. The minimum atomic E-state index is -0.262. The van der Waals surface area contributed by atoms with Gasteiger partial charge in [0, 0.05) is 44.3 Å². The number of nitrogens with one attached hydrogen (secondary N) is 1. The maximum atomic E-state index is 12.1. The average molecular weight is 340 g/mol. The van der Waals surface area contributed by atoms with E-state index in [-0.39, 0.29) is 17.2 Å². The van der Waals surface area contributed by atoms with E-state index < -0.39 is 0 Å². The molecule has 0 aliphatic carbocycles. The molecule has 0 saturated carbocycles. The number of likely N-dealkylation sites (N-methyl/N-ethyl adjacent to an activating group) is 1. The first-order valence-corrected chi connectivity index (χ1v) is 8.58. The average Bonchev–Trinajstić information content (AvgIpc) is 2.53. The Balaban J connectivity index is 1.75. The fraction of sp³-hybridized carbons (Fsp3) is 0.588. The maximum Gasteiger partial charge on any atom is 0.255 e. The van der Waals surface area contributed by atoms with E-state index in [2.05, 4.69) is 29.0 Å². The van der Waals surface area contributed by atoms with Crippen LogP contribution in [0.15, 0.2) is 18.2 Å². The molecule has 1 aliphatic rings. The van der Waals surface area contributed by atoms with Crippen molar-refractivity contribution in [3.05, 3.63) is 28.8 Å². The molecule has 0 radical (unpaired) electrons. The molecule has 1 aromatic carbocycles. The van der Waals surface area contributed by atoms with Gasteiger partial charge in [-0.1, -0.05) is 25.4 Å². The van der Waals surface area contributed by atoms with E-state index in [4.69, 9.17) is 11.6 Å². The molecular formula is C17H26ClN3O2. The third-order valence-electron chi connectivity index (χ3n) is 4.30. The highest BCUT2D eigenvalue weighted by Gasteiger charge is 2.18. The second kappa shape index (κ2) is 8.52. The van der Waals surface area contributed by atoms with E-state index in [0.29, 0.717) is 17.5 Å². The zero-order valence-electron chi connectivity index (χ0n) is 13.9. The number of phenolic OH excluding ortho intramolecular Hbond substituents is 1. The number of benzene rings is 1. The van der Waals surface area contributed by atoms with Crippen LogP contribution in [0.5, 0.6) is 5.75 Å². The van der Waals surface area contributed by atoms with Crippen molar-refractivity contribution < 1.29 is 9.90 Å². The highest BCUT2D eigenvalue weighted by molar-refractivity contribution is 6.30. The fourth-order valence-electron chi connectivity index (χ4n) is 2.85. The molecule has 6 heteroatoms. The van der Waals surface area contributed by atoms with Crippen molar-refractivity contribution in [1.82, 2.24) is 15.1 Å². The second-order valence-electron chi connectivity index (χ2n) is 6.21. The highest BCUT2D eigenvalue weighted by Crippen LogP contribution is 2.21. The van der Waals surface area contributed by atoms with Crippen LogP contribution < -0.4 is 5.32 Å². The molecule has 1 aliphatic heterocycles.